The first-order valence-electron chi connectivity index (χ1n) is 3.09. The van der Waals surface area contributed by atoms with E-state index in [9.17, 15) is 0 Å². The molecule has 0 aromatic carbocycles. The third-order valence-electron chi connectivity index (χ3n) is 1.57. The standard InChI is InChI=1S/C7H12O/c1-6(2)7-3-4-8-5-7/h3-4,6-7H,5H2,1-2H3/t7-/m1/s1. The lowest BCUT2D eigenvalue weighted by Gasteiger charge is -2.08. The molecule has 8 heavy (non-hydrogen) atoms. The molecule has 0 aromatic heterocycles. The van der Waals surface area contributed by atoms with Gasteiger partial charge in [-0.15, -0.1) is 0 Å². The van der Waals surface area contributed by atoms with Crippen LogP contribution in [0.25, 0.3) is 0 Å². The summed E-state index contributed by atoms with van der Waals surface area (Å²) in [7, 11) is 0. The summed E-state index contributed by atoms with van der Waals surface area (Å²) in [5.41, 5.74) is 0. The van der Waals surface area contributed by atoms with Gasteiger partial charge in [-0.05, 0) is 12.0 Å². The van der Waals surface area contributed by atoms with E-state index in [0.717, 1.165) is 12.5 Å². The first kappa shape index (κ1) is 5.67. The Labute approximate surface area is 50.3 Å². The van der Waals surface area contributed by atoms with Gasteiger partial charge >= 0.3 is 0 Å². The Morgan fingerprint density at radius 1 is 1.62 bits per heavy atom. The van der Waals surface area contributed by atoms with Crippen molar-refractivity contribution in [3.63, 3.8) is 0 Å². The Morgan fingerprint density at radius 3 is 2.62 bits per heavy atom. The third kappa shape index (κ3) is 1.03. The second-order valence-electron chi connectivity index (χ2n) is 2.57. The minimum Gasteiger partial charge on any atom is -0.501 e. The molecule has 1 nitrogen and oxygen atoms in total. The SMILES string of the molecule is CC(C)[C@@H]1C=COC1. The van der Waals surface area contributed by atoms with Crippen molar-refractivity contribution in [2.75, 3.05) is 6.61 Å². The fourth-order valence-electron chi connectivity index (χ4n) is 0.793. The van der Waals surface area contributed by atoms with Gasteiger partial charge in [0, 0.05) is 5.92 Å². The average molecular weight is 112 g/mol. The van der Waals surface area contributed by atoms with E-state index in [2.05, 4.69) is 19.9 Å². The maximum Gasteiger partial charge on any atom is 0.0939 e. The normalized spacial score (nSPS) is 26.6. The second kappa shape index (κ2) is 2.21. The molecule has 46 valence electrons. The van der Waals surface area contributed by atoms with E-state index in [4.69, 9.17) is 4.74 Å². The number of rotatable bonds is 1. The van der Waals surface area contributed by atoms with Gasteiger partial charge in [0.1, 0.15) is 0 Å². The molecule has 0 saturated carbocycles. The highest BCUT2D eigenvalue weighted by molar-refractivity contribution is 4.90. The molecule has 0 spiro atoms. The van der Waals surface area contributed by atoms with E-state index in [-0.39, 0.29) is 0 Å². The largest absolute Gasteiger partial charge is 0.501 e. The van der Waals surface area contributed by atoms with Crippen LogP contribution in [-0.4, -0.2) is 6.61 Å². The first-order valence-corrected chi connectivity index (χ1v) is 3.09. The van der Waals surface area contributed by atoms with Gasteiger partial charge in [0.05, 0.1) is 12.9 Å². The van der Waals surface area contributed by atoms with E-state index in [1.807, 2.05) is 0 Å². The Hall–Kier alpha value is -0.460. The Kier molecular flexibility index (Phi) is 1.56. The van der Waals surface area contributed by atoms with E-state index >= 15 is 0 Å². The summed E-state index contributed by atoms with van der Waals surface area (Å²) in [6, 6.07) is 0. The molecule has 0 radical (unpaired) electrons. The molecule has 1 heterocycles. The maximum absolute atomic E-state index is 5.04. The van der Waals surface area contributed by atoms with Gasteiger partial charge in [0.2, 0.25) is 0 Å². The van der Waals surface area contributed by atoms with Crippen molar-refractivity contribution < 1.29 is 4.74 Å². The van der Waals surface area contributed by atoms with Crippen molar-refractivity contribution in [3.05, 3.63) is 12.3 Å². The molecule has 0 fully saturated rings. The van der Waals surface area contributed by atoms with Crippen LogP contribution in [0.15, 0.2) is 12.3 Å². The van der Waals surface area contributed by atoms with Crippen molar-refractivity contribution in [1.29, 1.82) is 0 Å². The summed E-state index contributed by atoms with van der Waals surface area (Å²) in [5.74, 6) is 1.39. The molecule has 1 aliphatic rings. The van der Waals surface area contributed by atoms with Gasteiger partial charge < -0.3 is 4.74 Å². The Balaban J connectivity index is 2.36. The number of hydrogen-bond acceptors (Lipinski definition) is 1. The lowest BCUT2D eigenvalue weighted by atomic mass is 9.98. The van der Waals surface area contributed by atoms with Crippen LogP contribution >= 0.6 is 0 Å². The fourth-order valence-corrected chi connectivity index (χ4v) is 0.793. The molecular formula is C7H12O. The highest BCUT2D eigenvalue weighted by Gasteiger charge is 2.13. The van der Waals surface area contributed by atoms with Gasteiger partial charge in [0.25, 0.3) is 0 Å². The summed E-state index contributed by atoms with van der Waals surface area (Å²) in [6.45, 7) is 5.31. The molecule has 0 aromatic rings. The van der Waals surface area contributed by atoms with Crippen LogP contribution in [0.1, 0.15) is 13.8 Å². The zero-order chi connectivity index (χ0) is 5.98. The average Bonchev–Trinajstić information content (AvgIpc) is 2.12. The van der Waals surface area contributed by atoms with Crippen molar-refractivity contribution >= 4 is 0 Å². The molecule has 1 atom stereocenters. The van der Waals surface area contributed by atoms with Gasteiger partial charge in [-0.2, -0.15) is 0 Å². The summed E-state index contributed by atoms with van der Waals surface area (Å²) < 4.78 is 5.04. The highest BCUT2D eigenvalue weighted by Crippen LogP contribution is 2.17. The van der Waals surface area contributed by atoms with Crippen LogP contribution in [0.2, 0.25) is 0 Å². The maximum atomic E-state index is 5.04. The van der Waals surface area contributed by atoms with E-state index in [0.29, 0.717) is 5.92 Å². The molecule has 0 aliphatic carbocycles. The molecule has 1 heteroatoms. The van der Waals surface area contributed by atoms with E-state index in [1.54, 1.807) is 6.26 Å². The fraction of sp³-hybridized carbons (Fsp3) is 0.714. The van der Waals surface area contributed by atoms with Gasteiger partial charge in [-0.25, -0.2) is 0 Å². The molecular weight excluding hydrogens is 100 g/mol. The van der Waals surface area contributed by atoms with Crippen molar-refractivity contribution in [1.82, 2.24) is 0 Å². The molecule has 0 bridgehead atoms. The molecule has 1 rings (SSSR count). The topological polar surface area (TPSA) is 9.23 Å². The Morgan fingerprint density at radius 2 is 2.38 bits per heavy atom. The summed E-state index contributed by atoms with van der Waals surface area (Å²) >= 11 is 0. The molecule has 0 amide bonds. The van der Waals surface area contributed by atoms with Crippen LogP contribution in [0.4, 0.5) is 0 Å². The minimum absolute atomic E-state index is 0.662. The van der Waals surface area contributed by atoms with Crippen LogP contribution in [-0.2, 0) is 4.74 Å². The zero-order valence-electron chi connectivity index (χ0n) is 5.42. The van der Waals surface area contributed by atoms with Crippen LogP contribution in [0, 0.1) is 11.8 Å². The first-order chi connectivity index (χ1) is 3.80. The lowest BCUT2D eigenvalue weighted by Crippen LogP contribution is -2.06. The smallest absolute Gasteiger partial charge is 0.0939 e. The molecule has 0 N–H and O–H groups in total. The Bertz CT molecular complexity index is 94.6. The third-order valence-corrected chi connectivity index (χ3v) is 1.57. The zero-order valence-corrected chi connectivity index (χ0v) is 5.42. The predicted octanol–water partition coefficient (Wildman–Crippen LogP) is 1.80. The van der Waals surface area contributed by atoms with Crippen molar-refractivity contribution in [2.24, 2.45) is 11.8 Å². The molecule has 0 saturated heterocycles. The molecule has 0 unspecified atom stereocenters. The monoisotopic (exact) mass is 112 g/mol. The van der Waals surface area contributed by atoms with Gasteiger partial charge in [-0.1, -0.05) is 13.8 Å². The second-order valence-corrected chi connectivity index (χ2v) is 2.57. The predicted molar refractivity (Wildman–Crippen MR) is 33.4 cm³/mol. The summed E-state index contributed by atoms with van der Waals surface area (Å²) in [5, 5.41) is 0. The molecule has 1 aliphatic heterocycles. The van der Waals surface area contributed by atoms with Crippen LogP contribution < -0.4 is 0 Å². The lowest BCUT2D eigenvalue weighted by molar-refractivity contribution is 0.226. The highest BCUT2D eigenvalue weighted by atomic mass is 16.5. The van der Waals surface area contributed by atoms with Gasteiger partial charge in [0.15, 0.2) is 0 Å². The van der Waals surface area contributed by atoms with Crippen molar-refractivity contribution in [3.8, 4) is 0 Å². The number of hydrogen-bond donors (Lipinski definition) is 0. The quantitative estimate of drug-likeness (QED) is 0.502. The van der Waals surface area contributed by atoms with Gasteiger partial charge in [-0.3, -0.25) is 0 Å². The van der Waals surface area contributed by atoms with Crippen molar-refractivity contribution in [2.45, 2.75) is 13.8 Å². The minimum atomic E-state index is 0.662. The van der Waals surface area contributed by atoms with Crippen LogP contribution in [0.3, 0.4) is 0 Å². The van der Waals surface area contributed by atoms with E-state index in [1.165, 1.54) is 0 Å². The summed E-state index contributed by atoms with van der Waals surface area (Å²) in [6.07, 6.45) is 3.93. The van der Waals surface area contributed by atoms with Crippen LogP contribution in [0.5, 0.6) is 0 Å². The number of ether oxygens (including phenoxy) is 1. The summed E-state index contributed by atoms with van der Waals surface area (Å²) in [4.78, 5) is 0. The van der Waals surface area contributed by atoms with E-state index < -0.39 is 0 Å².